The van der Waals surface area contributed by atoms with E-state index in [4.69, 9.17) is 4.43 Å². The van der Waals surface area contributed by atoms with Crippen molar-refractivity contribution in [2.75, 3.05) is 0 Å². The molecule has 1 rings (SSSR count). The van der Waals surface area contributed by atoms with Crippen molar-refractivity contribution >= 4 is 14.3 Å². The summed E-state index contributed by atoms with van der Waals surface area (Å²) in [5.41, 5.74) is 2.20. The lowest BCUT2D eigenvalue weighted by Gasteiger charge is -2.35. The van der Waals surface area contributed by atoms with Gasteiger partial charge in [0.15, 0.2) is 0 Å². The van der Waals surface area contributed by atoms with E-state index in [0.29, 0.717) is 6.42 Å². The first-order chi connectivity index (χ1) is 8.12. The van der Waals surface area contributed by atoms with Crippen molar-refractivity contribution in [3.63, 3.8) is 0 Å². The Labute approximate surface area is 111 Å². The molecule has 0 aliphatic heterocycles. The van der Waals surface area contributed by atoms with Gasteiger partial charge in [0.1, 0.15) is 0 Å². The third-order valence-corrected chi connectivity index (χ3v) is 7.96. The smallest absolute Gasteiger partial charge is 0.296 e. The van der Waals surface area contributed by atoms with Gasteiger partial charge in [-0.1, -0.05) is 50.6 Å². The maximum Gasteiger partial charge on any atom is 0.296 e. The van der Waals surface area contributed by atoms with Gasteiger partial charge in [-0.15, -0.1) is 0 Å². The zero-order valence-electron chi connectivity index (χ0n) is 12.3. The van der Waals surface area contributed by atoms with Gasteiger partial charge < -0.3 is 4.43 Å². The summed E-state index contributed by atoms with van der Waals surface area (Å²) in [6, 6.07) is 8.01. The maximum atomic E-state index is 12.0. The van der Waals surface area contributed by atoms with Crippen molar-refractivity contribution in [3.05, 3.63) is 35.4 Å². The summed E-state index contributed by atoms with van der Waals surface area (Å²) in [5, 5.41) is 0.0647. The third kappa shape index (κ3) is 3.98. The quantitative estimate of drug-likeness (QED) is 0.769. The highest BCUT2D eigenvalue weighted by Crippen LogP contribution is 2.36. The van der Waals surface area contributed by atoms with E-state index in [1.54, 1.807) is 0 Å². The molecule has 0 aromatic heterocycles. The molecule has 0 atom stereocenters. The first kappa shape index (κ1) is 15.0. The normalized spacial score (nSPS) is 12.3. The molecular formula is C15H24O2Si. The predicted molar refractivity (Wildman–Crippen MR) is 78.2 cm³/mol. The van der Waals surface area contributed by atoms with Crippen LogP contribution in [-0.4, -0.2) is 14.3 Å². The fourth-order valence-corrected chi connectivity index (χ4v) is 2.41. The molecule has 0 aliphatic carbocycles. The fraction of sp³-hybridized carbons (Fsp3) is 0.533. The molecule has 1 aromatic rings. The summed E-state index contributed by atoms with van der Waals surface area (Å²) >= 11 is 0. The molecule has 0 fully saturated rings. The van der Waals surface area contributed by atoms with Crippen molar-refractivity contribution in [2.24, 2.45) is 0 Å². The Morgan fingerprint density at radius 3 is 2.39 bits per heavy atom. The zero-order chi connectivity index (χ0) is 14.0. The van der Waals surface area contributed by atoms with Gasteiger partial charge in [0.2, 0.25) is 0 Å². The molecule has 0 N–H and O–H groups in total. The Balaban J connectivity index is 2.68. The number of carbonyl (C=O) groups is 1. The van der Waals surface area contributed by atoms with E-state index in [-0.39, 0.29) is 11.0 Å². The Bertz CT molecular complexity index is 430. The second kappa shape index (κ2) is 5.27. The molecule has 0 amide bonds. The molecule has 18 heavy (non-hydrogen) atoms. The molecule has 0 spiro atoms. The SMILES string of the molecule is Cc1cccc(CC(=O)O[Si](C)(C)C(C)(C)C)c1. The summed E-state index contributed by atoms with van der Waals surface area (Å²) in [5.74, 6) is -0.104. The van der Waals surface area contributed by atoms with Gasteiger partial charge in [-0.25, -0.2) is 0 Å². The predicted octanol–water partition coefficient (Wildman–Crippen LogP) is 4.09. The van der Waals surface area contributed by atoms with Crippen LogP contribution in [0.25, 0.3) is 0 Å². The van der Waals surface area contributed by atoms with Crippen LogP contribution in [0.5, 0.6) is 0 Å². The second-order valence-electron chi connectivity index (χ2n) is 6.40. The summed E-state index contributed by atoms with van der Waals surface area (Å²) in [4.78, 5) is 12.0. The average Bonchev–Trinajstić information content (AvgIpc) is 2.14. The highest BCUT2D eigenvalue weighted by molar-refractivity contribution is 6.75. The van der Waals surface area contributed by atoms with Crippen LogP contribution >= 0.6 is 0 Å². The van der Waals surface area contributed by atoms with Crippen LogP contribution in [-0.2, 0) is 15.6 Å². The lowest BCUT2D eigenvalue weighted by Crippen LogP contribution is -2.43. The molecule has 100 valence electrons. The first-order valence-electron chi connectivity index (χ1n) is 6.39. The van der Waals surface area contributed by atoms with Crippen molar-refractivity contribution in [3.8, 4) is 0 Å². The number of hydrogen-bond donors (Lipinski definition) is 0. The molecule has 3 heteroatoms. The molecule has 0 heterocycles. The molecule has 2 nitrogen and oxygen atoms in total. The van der Waals surface area contributed by atoms with E-state index < -0.39 is 8.32 Å². The van der Waals surface area contributed by atoms with E-state index in [1.807, 2.05) is 31.2 Å². The fourth-order valence-electron chi connectivity index (χ4n) is 1.46. The summed E-state index contributed by atoms with van der Waals surface area (Å²) < 4.78 is 5.75. The van der Waals surface area contributed by atoms with E-state index >= 15 is 0 Å². The number of hydrogen-bond acceptors (Lipinski definition) is 2. The van der Waals surface area contributed by atoms with Crippen LogP contribution in [0.2, 0.25) is 18.1 Å². The number of aryl methyl sites for hydroxylation is 1. The molecule has 0 saturated carbocycles. The number of rotatable bonds is 3. The lowest BCUT2D eigenvalue weighted by molar-refractivity contribution is -0.134. The summed E-state index contributed by atoms with van der Waals surface area (Å²) in [6.45, 7) is 12.6. The molecule has 0 saturated heterocycles. The maximum absolute atomic E-state index is 12.0. The van der Waals surface area contributed by atoms with Gasteiger partial charge in [0.25, 0.3) is 14.3 Å². The molecular weight excluding hydrogens is 240 g/mol. The molecule has 0 unspecified atom stereocenters. The largest absolute Gasteiger partial charge is 0.519 e. The van der Waals surface area contributed by atoms with Gasteiger partial charge in [0, 0.05) is 0 Å². The van der Waals surface area contributed by atoms with Gasteiger partial charge in [-0.2, -0.15) is 0 Å². The van der Waals surface area contributed by atoms with Crippen LogP contribution < -0.4 is 0 Å². The van der Waals surface area contributed by atoms with Crippen LogP contribution in [0.3, 0.4) is 0 Å². The Morgan fingerprint density at radius 2 is 1.89 bits per heavy atom. The van der Waals surface area contributed by atoms with Crippen molar-refractivity contribution in [1.29, 1.82) is 0 Å². The first-order valence-corrected chi connectivity index (χ1v) is 9.30. The minimum Gasteiger partial charge on any atom is -0.519 e. The van der Waals surface area contributed by atoms with E-state index in [0.717, 1.165) is 5.56 Å². The van der Waals surface area contributed by atoms with E-state index in [2.05, 4.69) is 33.9 Å². The molecule has 1 aromatic carbocycles. The Morgan fingerprint density at radius 1 is 1.28 bits per heavy atom. The zero-order valence-corrected chi connectivity index (χ0v) is 13.3. The molecule has 0 bridgehead atoms. The highest BCUT2D eigenvalue weighted by atomic mass is 28.4. The third-order valence-electron chi connectivity index (χ3n) is 3.61. The molecule has 0 radical (unpaired) electrons. The summed E-state index contributed by atoms with van der Waals surface area (Å²) in [7, 11) is -1.98. The van der Waals surface area contributed by atoms with Crippen molar-refractivity contribution < 1.29 is 9.22 Å². The topological polar surface area (TPSA) is 26.3 Å². The van der Waals surface area contributed by atoms with Gasteiger partial charge in [-0.05, 0) is 30.6 Å². The second-order valence-corrected chi connectivity index (χ2v) is 11.1. The minimum atomic E-state index is -1.98. The van der Waals surface area contributed by atoms with E-state index in [1.165, 1.54) is 5.56 Å². The van der Waals surface area contributed by atoms with Crippen LogP contribution in [0.1, 0.15) is 31.9 Å². The standard InChI is InChI=1S/C15H24O2Si/c1-12-8-7-9-13(10-12)11-14(16)17-18(5,6)15(2,3)4/h7-10H,11H2,1-6H3. The van der Waals surface area contributed by atoms with Crippen molar-refractivity contribution in [1.82, 2.24) is 0 Å². The van der Waals surface area contributed by atoms with E-state index in [9.17, 15) is 4.79 Å². The molecule has 0 aliphatic rings. The highest BCUT2D eigenvalue weighted by Gasteiger charge is 2.40. The van der Waals surface area contributed by atoms with Gasteiger partial charge >= 0.3 is 0 Å². The lowest BCUT2D eigenvalue weighted by atomic mass is 10.1. The van der Waals surface area contributed by atoms with Crippen LogP contribution in [0.15, 0.2) is 24.3 Å². The number of benzene rings is 1. The van der Waals surface area contributed by atoms with Crippen LogP contribution in [0.4, 0.5) is 0 Å². The summed E-state index contributed by atoms with van der Waals surface area (Å²) in [6.07, 6.45) is 0.369. The van der Waals surface area contributed by atoms with Gasteiger partial charge in [-0.3, -0.25) is 4.79 Å². The monoisotopic (exact) mass is 264 g/mol. The number of carbonyl (C=O) groups excluding carboxylic acids is 1. The average molecular weight is 264 g/mol. The van der Waals surface area contributed by atoms with Crippen LogP contribution in [0, 0.1) is 6.92 Å². The minimum absolute atomic E-state index is 0.0647. The van der Waals surface area contributed by atoms with Crippen molar-refractivity contribution in [2.45, 2.75) is 52.2 Å². The Hall–Kier alpha value is -1.09. The Kier molecular flexibility index (Phi) is 4.38. The van der Waals surface area contributed by atoms with Gasteiger partial charge in [0.05, 0.1) is 6.42 Å².